The number of carbonyl (C=O) groups excluding carboxylic acids is 2. The Balaban J connectivity index is 1.87. The number of amides is 2. The average Bonchev–Trinajstić information content (AvgIpc) is 2.57. The molecule has 2 rings (SSSR count). The topological polar surface area (TPSA) is 67.4 Å². The molecule has 0 atom stereocenters. The van der Waals surface area contributed by atoms with E-state index in [0.717, 1.165) is 36.4 Å². The molecule has 2 N–H and O–H groups in total. The van der Waals surface area contributed by atoms with E-state index in [1.165, 1.54) is 6.07 Å². The summed E-state index contributed by atoms with van der Waals surface area (Å²) >= 11 is 5.70. The molecule has 26 heavy (non-hydrogen) atoms. The van der Waals surface area contributed by atoms with Gasteiger partial charge in [0.1, 0.15) is 11.6 Å². The molecule has 0 unspecified atom stereocenters. The first-order valence-corrected chi connectivity index (χ1v) is 7.39. The van der Waals surface area contributed by atoms with Crippen LogP contribution in [0.4, 0.5) is 17.6 Å². The lowest BCUT2D eigenvalue weighted by atomic mass is 10.2. The van der Waals surface area contributed by atoms with E-state index < -0.39 is 36.0 Å². The number of alkyl halides is 3. The van der Waals surface area contributed by atoms with E-state index >= 15 is 0 Å². The molecule has 10 heteroatoms. The minimum Gasteiger partial charge on any atom is -0.484 e. The molecule has 0 radical (unpaired) electrons. The van der Waals surface area contributed by atoms with Gasteiger partial charge < -0.3 is 4.74 Å². The maximum Gasteiger partial charge on any atom is 0.416 e. The molecule has 0 fully saturated rings. The van der Waals surface area contributed by atoms with Crippen LogP contribution in [-0.2, 0) is 11.0 Å². The molecule has 0 aromatic heterocycles. The van der Waals surface area contributed by atoms with E-state index in [0.29, 0.717) is 0 Å². The van der Waals surface area contributed by atoms with E-state index in [9.17, 15) is 27.2 Å². The van der Waals surface area contributed by atoms with Gasteiger partial charge in [0.2, 0.25) is 0 Å². The second-order valence-corrected chi connectivity index (χ2v) is 5.35. The molecule has 0 aliphatic rings. The number of benzene rings is 2. The Morgan fingerprint density at radius 3 is 2.46 bits per heavy atom. The Labute approximate surface area is 149 Å². The fraction of sp³-hybridized carbons (Fsp3) is 0.125. The smallest absolute Gasteiger partial charge is 0.416 e. The third kappa shape index (κ3) is 5.35. The standard InChI is InChI=1S/C16H11ClF4N2O3/c17-13-7-10(18)4-5-12(13)15(25)23-22-14(24)8-26-11-3-1-2-9(6-11)16(19,20)21/h1-7H,8H2,(H,22,24)(H,23,25). The molecule has 0 heterocycles. The molecule has 0 aliphatic heterocycles. The summed E-state index contributed by atoms with van der Waals surface area (Å²) in [6.07, 6.45) is -4.54. The lowest BCUT2D eigenvalue weighted by Gasteiger charge is -2.11. The van der Waals surface area contributed by atoms with Gasteiger partial charge in [-0.05, 0) is 36.4 Å². The molecule has 0 saturated heterocycles. The Hall–Kier alpha value is -2.81. The average molecular weight is 391 g/mol. The van der Waals surface area contributed by atoms with Crippen LogP contribution in [0.3, 0.4) is 0 Å². The van der Waals surface area contributed by atoms with Gasteiger partial charge in [0.25, 0.3) is 11.8 Å². The monoisotopic (exact) mass is 390 g/mol. The van der Waals surface area contributed by atoms with Crippen LogP contribution in [0.25, 0.3) is 0 Å². The van der Waals surface area contributed by atoms with Crippen LogP contribution in [-0.4, -0.2) is 18.4 Å². The van der Waals surface area contributed by atoms with Crippen molar-refractivity contribution >= 4 is 23.4 Å². The lowest BCUT2D eigenvalue weighted by Crippen LogP contribution is -2.43. The van der Waals surface area contributed by atoms with E-state index in [1.807, 2.05) is 10.9 Å². The Kier molecular flexibility index (Phi) is 6.04. The number of carbonyl (C=O) groups is 2. The number of hydrazine groups is 1. The van der Waals surface area contributed by atoms with Crippen molar-refractivity contribution in [1.29, 1.82) is 0 Å². The minimum atomic E-state index is -4.54. The fourth-order valence-electron chi connectivity index (χ4n) is 1.81. The molecule has 0 bridgehead atoms. The number of halogens is 5. The number of ether oxygens (including phenoxy) is 1. The first-order chi connectivity index (χ1) is 12.2. The summed E-state index contributed by atoms with van der Waals surface area (Å²) in [5, 5.41) is -0.156. The van der Waals surface area contributed by atoms with Gasteiger partial charge in [-0.2, -0.15) is 13.2 Å². The van der Waals surface area contributed by atoms with E-state index in [4.69, 9.17) is 16.3 Å². The van der Waals surface area contributed by atoms with Crippen LogP contribution < -0.4 is 15.6 Å². The van der Waals surface area contributed by atoms with Gasteiger partial charge in [0.15, 0.2) is 6.61 Å². The first kappa shape index (κ1) is 19.5. The lowest BCUT2D eigenvalue weighted by molar-refractivity contribution is -0.137. The molecule has 2 aromatic rings. The predicted molar refractivity (Wildman–Crippen MR) is 84.0 cm³/mol. The molecular formula is C16H11ClF4N2O3. The zero-order valence-electron chi connectivity index (χ0n) is 12.9. The highest BCUT2D eigenvalue weighted by molar-refractivity contribution is 6.33. The van der Waals surface area contributed by atoms with Gasteiger partial charge in [-0.25, -0.2) is 4.39 Å². The second-order valence-electron chi connectivity index (χ2n) is 4.94. The molecular weight excluding hydrogens is 380 g/mol. The van der Waals surface area contributed by atoms with Crippen molar-refractivity contribution in [3.63, 3.8) is 0 Å². The number of hydrogen-bond donors (Lipinski definition) is 2. The maximum atomic E-state index is 12.9. The van der Waals surface area contributed by atoms with Crippen molar-refractivity contribution in [2.75, 3.05) is 6.61 Å². The van der Waals surface area contributed by atoms with Crippen LogP contribution in [0.2, 0.25) is 5.02 Å². The summed E-state index contributed by atoms with van der Waals surface area (Å²) in [6, 6.07) is 7.05. The summed E-state index contributed by atoms with van der Waals surface area (Å²) in [5.74, 6) is -2.43. The maximum absolute atomic E-state index is 12.9. The Morgan fingerprint density at radius 2 is 1.81 bits per heavy atom. The van der Waals surface area contributed by atoms with Crippen molar-refractivity contribution in [3.05, 3.63) is 64.4 Å². The highest BCUT2D eigenvalue weighted by Gasteiger charge is 2.30. The number of nitrogens with one attached hydrogen (secondary N) is 2. The van der Waals surface area contributed by atoms with Crippen LogP contribution in [0.5, 0.6) is 5.75 Å². The highest BCUT2D eigenvalue weighted by atomic mass is 35.5. The molecule has 2 aromatic carbocycles. The molecule has 0 aliphatic carbocycles. The van der Waals surface area contributed by atoms with E-state index in [-0.39, 0.29) is 16.3 Å². The van der Waals surface area contributed by atoms with E-state index in [2.05, 4.69) is 0 Å². The van der Waals surface area contributed by atoms with Crippen molar-refractivity contribution in [3.8, 4) is 5.75 Å². The van der Waals surface area contributed by atoms with Gasteiger partial charge in [-0.15, -0.1) is 0 Å². The zero-order valence-corrected chi connectivity index (χ0v) is 13.6. The SMILES string of the molecule is O=C(COc1cccc(C(F)(F)F)c1)NNC(=O)c1ccc(F)cc1Cl. The van der Waals surface area contributed by atoms with Crippen molar-refractivity contribution in [2.24, 2.45) is 0 Å². The van der Waals surface area contributed by atoms with Crippen LogP contribution in [0.1, 0.15) is 15.9 Å². The van der Waals surface area contributed by atoms with Crippen molar-refractivity contribution in [1.82, 2.24) is 10.9 Å². The molecule has 138 valence electrons. The summed E-state index contributed by atoms with van der Waals surface area (Å²) in [5.41, 5.74) is 3.03. The summed E-state index contributed by atoms with van der Waals surface area (Å²) in [4.78, 5) is 23.4. The van der Waals surface area contributed by atoms with E-state index in [1.54, 1.807) is 0 Å². The second kappa shape index (κ2) is 8.05. The molecule has 5 nitrogen and oxygen atoms in total. The number of hydrogen-bond acceptors (Lipinski definition) is 3. The number of rotatable bonds is 4. The summed E-state index contributed by atoms with van der Waals surface area (Å²) in [7, 11) is 0. The van der Waals surface area contributed by atoms with Crippen LogP contribution in [0.15, 0.2) is 42.5 Å². The van der Waals surface area contributed by atoms with Crippen molar-refractivity contribution < 1.29 is 31.9 Å². The molecule has 0 spiro atoms. The summed E-state index contributed by atoms with van der Waals surface area (Å²) in [6.45, 7) is -0.640. The largest absolute Gasteiger partial charge is 0.484 e. The van der Waals surface area contributed by atoms with Crippen LogP contribution >= 0.6 is 11.6 Å². The minimum absolute atomic E-state index is 0.0767. The summed E-state index contributed by atoms with van der Waals surface area (Å²) < 4.78 is 55.6. The Morgan fingerprint density at radius 1 is 1.08 bits per heavy atom. The zero-order chi connectivity index (χ0) is 19.3. The van der Waals surface area contributed by atoms with Gasteiger partial charge in [-0.3, -0.25) is 20.4 Å². The molecule has 2 amide bonds. The van der Waals surface area contributed by atoms with Gasteiger partial charge in [-0.1, -0.05) is 17.7 Å². The van der Waals surface area contributed by atoms with Gasteiger partial charge in [0, 0.05) is 0 Å². The van der Waals surface area contributed by atoms with Gasteiger partial charge in [0.05, 0.1) is 16.1 Å². The van der Waals surface area contributed by atoms with Crippen molar-refractivity contribution in [2.45, 2.75) is 6.18 Å². The first-order valence-electron chi connectivity index (χ1n) is 7.01. The quantitative estimate of drug-likeness (QED) is 0.621. The third-order valence-electron chi connectivity index (χ3n) is 3.02. The predicted octanol–water partition coefficient (Wildman–Crippen LogP) is 3.34. The normalized spacial score (nSPS) is 11.0. The van der Waals surface area contributed by atoms with Gasteiger partial charge >= 0.3 is 6.18 Å². The van der Waals surface area contributed by atoms with Crippen LogP contribution in [0, 0.1) is 5.82 Å². The Bertz CT molecular complexity index is 827. The highest BCUT2D eigenvalue weighted by Crippen LogP contribution is 2.31. The fourth-order valence-corrected chi connectivity index (χ4v) is 2.07. The molecule has 0 saturated carbocycles. The third-order valence-corrected chi connectivity index (χ3v) is 3.34.